The normalized spacial score (nSPS) is 36.5. The first-order valence-corrected chi connectivity index (χ1v) is 5.24. The van der Waals surface area contributed by atoms with Gasteiger partial charge in [0.1, 0.15) is 5.67 Å². The third-order valence-corrected chi connectivity index (χ3v) is 3.41. The van der Waals surface area contributed by atoms with Crippen LogP contribution in [-0.4, -0.2) is 41.9 Å². The summed E-state index contributed by atoms with van der Waals surface area (Å²) < 4.78 is 13.6. The van der Waals surface area contributed by atoms with E-state index in [0.717, 1.165) is 19.0 Å². The quantitative estimate of drug-likeness (QED) is 0.717. The Bertz CT molecular complexity index is 184. The third-order valence-electron chi connectivity index (χ3n) is 3.41. The van der Waals surface area contributed by atoms with Crippen molar-refractivity contribution in [3.05, 3.63) is 0 Å². The molecule has 1 aliphatic heterocycles. The average Bonchev–Trinajstić information content (AvgIpc) is 2.42. The Morgan fingerprint density at radius 3 is 2.69 bits per heavy atom. The lowest BCUT2D eigenvalue weighted by molar-refractivity contribution is 0.0731. The molecule has 1 aliphatic carbocycles. The SMILES string of the molecule is OCC1(F)CCN(CC2CCC2)C1. The van der Waals surface area contributed by atoms with E-state index in [2.05, 4.69) is 4.90 Å². The van der Waals surface area contributed by atoms with Crippen molar-refractivity contribution >= 4 is 0 Å². The summed E-state index contributed by atoms with van der Waals surface area (Å²) in [5.41, 5.74) is -1.30. The van der Waals surface area contributed by atoms with Crippen LogP contribution in [0.3, 0.4) is 0 Å². The van der Waals surface area contributed by atoms with Crippen LogP contribution in [0.4, 0.5) is 4.39 Å². The topological polar surface area (TPSA) is 23.5 Å². The van der Waals surface area contributed by atoms with Gasteiger partial charge in [-0.05, 0) is 25.2 Å². The van der Waals surface area contributed by atoms with Crippen LogP contribution in [0, 0.1) is 5.92 Å². The second-order valence-electron chi connectivity index (χ2n) is 4.59. The molecule has 2 nitrogen and oxygen atoms in total. The summed E-state index contributed by atoms with van der Waals surface area (Å²) in [6.45, 7) is 2.01. The number of aliphatic hydroxyl groups excluding tert-OH is 1. The van der Waals surface area contributed by atoms with Gasteiger partial charge in [-0.15, -0.1) is 0 Å². The summed E-state index contributed by atoms with van der Waals surface area (Å²) >= 11 is 0. The molecule has 13 heavy (non-hydrogen) atoms. The van der Waals surface area contributed by atoms with E-state index in [1.807, 2.05) is 0 Å². The second-order valence-corrected chi connectivity index (χ2v) is 4.59. The highest BCUT2D eigenvalue weighted by Gasteiger charge is 2.38. The van der Waals surface area contributed by atoms with Gasteiger partial charge in [0.25, 0.3) is 0 Å². The fourth-order valence-corrected chi connectivity index (χ4v) is 2.24. The summed E-state index contributed by atoms with van der Waals surface area (Å²) in [5, 5.41) is 8.85. The van der Waals surface area contributed by atoms with Crippen molar-refractivity contribution < 1.29 is 9.50 Å². The van der Waals surface area contributed by atoms with E-state index < -0.39 is 5.67 Å². The van der Waals surface area contributed by atoms with Gasteiger partial charge in [-0.3, -0.25) is 4.90 Å². The highest BCUT2D eigenvalue weighted by atomic mass is 19.1. The predicted molar refractivity (Wildman–Crippen MR) is 49.3 cm³/mol. The van der Waals surface area contributed by atoms with E-state index in [9.17, 15) is 4.39 Å². The monoisotopic (exact) mass is 187 g/mol. The molecule has 76 valence electrons. The maximum atomic E-state index is 13.6. The molecule has 2 aliphatic rings. The number of hydrogen-bond acceptors (Lipinski definition) is 2. The van der Waals surface area contributed by atoms with Crippen LogP contribution in [0.25, 0.3) is 0 Å². The first-order valence-electron chi connectivity index (χ1n) is 5.24. The van der Waals surface area contributed by atoms with Gasteiger partial charge in [0.15, 0.2) is 0 Å². The molecule has 0 bridgehead atoms. The van der Waals surface area contributed by atoms with E-state index in [-0.39, 0.29) is 6.61 Å². The Hall–Kier alpha value is -0.150. The lowest BCUT2D eigenvalue weighted by Gasteiger charge is -2.30. The number of nitrogens with zero attached hydrogens (tertiary/aromatic N) is 1. The van der Waals surface area contributed by atoms with E-state index in [4.69, 9.17) is 5.11 Å². The van der Waals surface area contributed by atoms with Crippen molar-refractivity contribution in [2.24, 2.45) is 5.92 Å². The van der Waals surface area contributed by atoms with Crippen LogP contribution in [0.5, 0.6) is 0 Å². The smallest absolute Gasteiger partial charge is 0.147 e. The Morgan fingerprint density at radius 2 is 2.23 bits per heavy atom. The third kappa shape index (κ3) is 2.02. The molecule has 1 atom stereocenters. The van der Waals surface area contributed by atoms with Crippen LogP contribution < -0.4 is 0 Å². The molecule has 3 heteroatoms. The van der Waals surface area contributed by atoms with Gasteiger partial charge >= 0.3 is 0 Å². The number of likely N-dealkylation sites (tertiary alicyclic amines) is 1. The lowest BCUT2D eigenvalue weighted by atomic mass is 9.85. The van der Waals surface area contributed by atoms with Gasteiger partial charge in [0.05, 0.1) is 6.61 Å². The minimum absolute atomic E-state index is 0.311. The Morgan fingerprint density at radius 1 is 1.46 bits per heavy atom. The van der Waals surface area contributed by atoms with Crippen molar-refractivity contribution in [2.75, 3.05) is 26.2 Å². The van der Waals surface area contributed by atoms with E-state index >= 15 is 0 Å². The maximum Gasteiger partial charge on any atom is 0.147 e. The number of rotatable bonds is 3. The van der Waals surface area contributed by atoms with Crippen molar-refractivity contribution in [2.45, 2.75) is 31.4 Å². The van der Waals surface area contributed by atoms with Crippen LogP contribution in [-0.2, 0) is 0 Å². The van der Waals surface area contributed by atoms with E-state index in [1.165, 1.54) is 19.3 Å². The molecular weight excluding hydrogens is 169 g/mol. The fraction of sp³-hybridized carbons (Fsp3) is 1.00. The van der Waals surface area contributed by atoms with Gasteiger partial charge in [0.2, 0.25) is 0 Å². The van der Waals surface area contributed by atoms with Crippen LogP contribution in [0.2, 0.25) is 0 Å². The summed E-state index contributed by atoms with van der Waals surface area (Å²) in [7, 11) is 0. The second kappa shape index (κ2) is 3.54. The Kier molecular flexibility index (Phi) is 2.56. The van der Waals surface area contributed by atoms with Gasteiger partial charge in [-0.2, -0.15) is 0 Å². The molecule has 1 unspecified atom stereocenters. The number of hydrogen-bond donors (Lipinski definition) is 1. The summed E-state index contributed by atoms with van der Waals surface area (Å²) in [4.78, 5) is 2.17. The van der Waals surface area contributed by atoms with Gasteiger partial charge < -0.3 is 5.11 Å². The molecule has 2 fully saturated rings. The van der Waals surface area contributed by atoms with Gasteiger partial charge in [0, 0.05) is 19.6 Å². The zero-order valence-electron chi connectivity index (χ0n) is 8.01. The summed E-state index contributed by atoms with van der Waals surface area (Å²) in [6.07, 6.45) is 4.49. The fourth-order valence-electron chi connectivity index (χ4n) is 2.24. The zero-order chi connectivity index (χ0) is 9.31. The maximum absolute atomic E-state index is 13.6. The molecule has 2 rings (SSSR count). The predicted octanol–water partition coefficient (Wildman–Crippen LogP) is 1.19. The molecule has 0 aromatic carbocycles. The highest BCUT2D eigenvalue weighted by molar-refractivity contribution is 4.91. The van der Waals surface area contributed by atoms with Crippen molar-refractivity contribution in [3.8, 4) is 0 Å². The van der Waals surface area contributed by atoms with Gasteiger partial charge in [-0.1, -0.05) is 6.42 Å². The minimum atomic E-state index is -1.30. The van der Waals surface area contributed by atoms with Gasteiger partial charge in [-0.25, -0.2) is 4.39 Å². The van der Waals surface area contributed by atoms with Crippen molar-refractivity contribution in [3.63, 3.8) is 0 Å². The van der Waals surface area contributed by atoms with Crippen LogP contribution in [0.1, 0.15) is 25.7 Å². The molecular formula is C10H18FNO. The van der Waals surface area contributed by atoms with Crippen LogP contribution >= 0.6 is 0 Å². The lowest BCUT2D eigenvalue weighted by Crippen LogP contribution is -2.35. The molecule has 0 spiro atoms. The molecule has 1 N–H and O–H groups in total. The summed E-state index contributed by atoms with van der Waals surface area (Å²) in [6, 6.07) is 0. The molecule has 1 heterocycles. The largest absolute Gasteiger partial charge is 0.393 e. The molecule has 1 saturated heterocycles. The Balaban J connectivity index is 1.77. The molecule has 0 aromatic heterocycles. The van der Waals surface area contributed by atoms with E-state index in [1.54, 1.807) is 0 Å². The number of alkyl halides is 1. The standard InChI is InChI=1S/C10H18FNO/c11-10(8-13)4-5-12(7-10)6-9-2-1-3-9/h9,13H,1-8H2. The zero-order valence-corrected chi connectivity index (χ0v) is 8.01. The first-order chi connectivity index (χ1) is 6.22. The average molecular weight is 187 g/mol. The van der Waals surface area contributed by atoms with Crippen molar-refractivity contribution in [1.82, 2.24) is 4.90 Å². The summed E-state index contributed by atoms with van der Waals surface area (Å²) in [5.74, 6) is 0.807. The molecule has 0 aromatic rings. The minimum Gasteiger partial charge on any atom is -0.393 e. The molecule has 0 radical (unpaired) electrons. The number of halogens is 1. The number of aliphatic hydroxyl groups is 1. The van der Waals surface area contributed by atoms with E-state index in [0.29, 0.717) is 13.0 Å². The first kappa shape index (κ1) is 9.41. The molecule has 0 amide bonds. The Labute approximate surface area is 78.7 Å². The van der Waals surface area contributed by atoms with Crippen LogP contribution in [0.15, 0.2) is 0 Å². The van der Waals surface area contributed by atoms with Crippen molar-refractivity contribution in [1.29, 1.82) is 0 Å². The molecule has 1 saturated carbocycles. The highest BCUT2D eigenvalue weighted by Crippen LogP contribution is 2.31.